The van der Waals surface area contributed by atoms with Gasteiger partial charge in [0.1, 0.15) is 17.3 Å². The van der Waals surface area contributed by atoms with Crippen LogP contribution in [0, 0.1) is 5.82 Å². The first-order valence-electron chi connectivity index (χ1n) is 8.49. The minimum Gasteiger partial charge on any atom is -0.497 e. The maximum Gasteiger partial charge on any atom is 0.270 e. The summed E-state index contributed by atoms with van der Waals surface area (Å²) in [5.74, 6) is -0.590. The van der Waals surface area contributed by atoms with Crippen LogP contribution in [-0.4, -0.2) is 23.9 Å². The molecule has 3 rings (SSSR count). The van der Waals surface area contributed by atoms with Crippen LogP contribution >= 0.6 is 0 Å². The van der Waals surface area contributed by atoms with E-state index in [2.05, 4.69) is 15.6 Å². The number of carbonyl (C=O) groups excluding carboxylic acids is 2. The van der Waals surface area contributed by atoms with Crippen LogP contribution in [0.5, 0.6) is 5.75 Å². The summed E-state index contributed by atoms with van der Waals surface area (Å²) in [6, 6.07) is 15.7. The summed E-state index contributed by atoms with van der Waals surface area (Å²) in [6.45, 7) is 0.310. The normalized spacial score (nSPS) is 10.2. The average molecular weight is 379 g/mol. The van der Waals surface area contributed by atoms with Gasteiger partial charge in [-0.1, -0.05) is 18.2 Å². The molecule has 0 aliphatic carbocycles. The van der Waals surface area contributed by atoms with Crippen molar-refractivity contribution in [3.05, 3.63) is 89.5 Å². The summed E-state index contributed by atoms with van der Waals surface area (Å²) in [5.41, 5.74) is 1.58. The van der Waals surface area contributed by atoms with Crippen molar-refractivity contribution in [3.63, 3.8) is 0 Å². The molecule has 28 heavy (non-hydrogen) atoms. The van der Waals surface area contributed by atoms with Gasteiger partial charge in [-0.05, 0) is 48.0 Å². The molecule has 0 aliphatic rings. The summed E-state index contributed by atoms with van der Waals surface area (Å²) in [5, 5.41) is 5.34. The Morgan fingerprint density at radius 1 is 1.04 bits per heavy atom. The minimum absolute atomic E-state index is 0.111. The Balaban J connectivity index is 1.64. The third kappa shape index (κ3) is 4.91. The van der Waals surface area contributed by atoms with Gasteiger partial charge in [0.15, 0.2) is 0 Å². The zero-order valence-electron chi connectivity index (χ0n) is 15.1. The highest BCUT2D eigenvalue weighted by molar-refractivity contribution is 6.05. The number of hydrogen-bond acceptors (Lipinski definition) is 4. The van der Waals surface area contributed by atoms with Gasteiger partial charge in [-0.2, -0.15) is 0 Å². The molecule has 0 atom stereocenters. The molecule has 0 bridgehead atoms. The molecule has 0 saturated heterocycles. The van der Waals surface area contributed by atoms with Crippen LogP contribution in [0.4, 0.5) is 10.1 Å². The number of benzene rings is 2. The predicted molar refractivity (Wildman–Crippen MR) is 103 cm³/mol. The van der Waals surface area contributed by atoms with Crippen molar-refractivity contribution in [2.75, 3.05) is 12.4 Å². The van der Waals surface area contributed by atoms with E-state index in [4.69, 9.17) is 4.74 Å². The second-order valence-corrected chi connectivity index (χ2v) is 5.92. The van der Waals surface area contributed by atoms with Gasteiger partial charge in [0, 0.05) is 24.0 Å². The number of pyridine rings is 1. The second-order valence-electron chi connectivity index (χ2n) is 5.92. The second kappa shape index (κ2) is 8.77. The SMILES string of the molecule is COc1ccc(CNC(=O)c2cc(C(=O)Nc3cccc(F)c3)ccn2)cc1. The highest BCUT2D eigenvalue weighted by atomic mass is 19.1. The molecule has 2 amide bonds. The lowest BCUT2D eigenvalue weighted by Gasteiger charge is -2.08. The molecule has 6 nitrogen and oxygen atoms in total. The smallest absolute Gasteiger partial charge is 0.270 e. The molecule has 142 valence electrons. The topological polar surface area (TPSA) is 80.3 Å². The van der Waals surface area contributed by atoms with Gasteiger partial charge < -0.3 is 15.4 Å². The van der Waals surface area contributed by atoms with Crippen molar-refractivity contribution >= 4 is 17.5 Å². The van der Waals surface area contributed by atoms with Gasteiger partial charge >= 0.3 is 0 Å². The van der Waals surface area contributed by atoms with Crippen molar-refractivity contribution in [2.45, 2.75) is 6.54 Å². The fourth-order valence-corrected chi connectivity index (χ4v) is 2.48. The molecule has 0 aliphatic heterocycles. The van der Waals surface area contributed by atoms with Gasteiger partial charge in [-0.25, -0.2) is 4.39 Å². The van der Waals surface area contributed by atoms with Crippen molar-refractivity contribution in [3.8, 4) is 5.75 Å². The molecular formula is C21H18FN3O3. The molecule has 2 aromatic carbocycles. The lowest BCUT2D eigenvalue weighted by Crippen LogP contribution is -2.24. The number of aromatic nitrogens is 1. The standard InChI is InChI=1S/C21H18FN3O3/c1-28-18-7-5-14(6-8-18)13-24-21(27)19-11-15(9-10-23-19)20(26)25-17-4-2-3-16(22)12-17/h2-12H,13H2,1H3,(H,24,27)(H,25,26). The Kier molecular flexibility index (Phi) is 5.96. The number of carbonyl (C=O) groups is 2. The quantitative estimate of drug-likeness (QED) is 0.688. The fraction of sp³-hybridized carbons (Fsp3) is 0.0952. The Morgan fingerprint density at radius 3 is 2.54 bits per heavy atom. The Morgan fingerprint density at radius 2 is 1.82 bits per heavy atom. The summed E-state index contributed by atoms with van der Waals surface area (Å²) in [6.07, 6.45) is 1.38. The zero-order chi connectivity index (χ0) is 19.9. The monoisotopic (exact) mass is 379 g/mol. The van der Waals surface area contributed by atoms with Crippen LogP contribution in [0.25, 0.3) is 0 Å². The number of nitrogens with one attached hydrogen (secondary N) is 2. The molecule has 0 radical (unpaired) electrons. The maximum absolute atomic E-state index is 13.2. The molecule has 7 heteroatoms. The zero-order valence-corrected chi connectivity index (χ0v) is 15.1. The third-order valence-corrected chi connectivity index (χ3v) is 3.95. The summed E-state index contributed by atoms with van der Waals surface area (Å²) in [7, 11) is 1.58. The summed E-state index contributed by atoms with van der Waals surface area (Å²) in [4.78, 5) is 28.7. The molecule has 0 saturated carbocycles. The van der Waals surface area contributed by atoms with Crippen molar-refractivity contribution in [2.24, 2.45) is 0 Å². The van der Waals surface area contributed by atoms with E-state index >= 15 is 0 Å². The van der Waals surface area contributed by atoms with Crippen LogP contribution in [0.3, 0.4) is 0 Å². The van der Waals surface area contributed by atoms with Gasteiger partial charge in [0.25, 0.3) is 11.8 Å². The first-order valence-corrected chi connectivity index (χ1v) is 8.49. The number of methoxy groups -OCH3 is 1. The third-order valence-electron chi connectivity index (χ3n) is 3.95. The summed E-state index contributed by atoms with van der Waals surface area (Å²) < 4.78 is 18.3. The fourth-order valence-electron chi connectivity index (χ4n) is 2.48. The first kappa shape index (κ1) is 19.0. The largest absolute Gasteiger partial charge is 0.497 e. The number of nitrogens with zero attached hydrogens (tertiary/aromatic N) is 1. The van der Waals surface area contributed by atoms with Gasteiger partial charge in [-0.3, -0.25) is 14.6 Å². The number of hydrogen-bond donors (Lipinski definition) is 2. The number of halogens is 1. The predicted octanol–water partition coefficient (Wildman–Crippen LogP) is 3.41. The van der Waals surface area contributed by atoms with Crippen LogP contribution in [-0.2, 0) is 6.54 Å². The van der Waals surface area contributed by atoms with Gasteiger partial charge in [0.05, 0.1) is 7.11 Å². The van der Waals surface area contributed by atoms with Crippen molar-refractivity contribution in [1.29, 1.82) is 0 Å². The van der Waals surface area contributed by atoms with E-state index in [9.17, 15) is 14.0 Å². The minimum atomic E-state index is -0.461. The van der Waals surface area contributed by atoms with Crippen LogP contribution in [0.2, 0.25) is 0 Å². The highest BCUT2D eigenvalue weighted by Gasteiger charge is 2.12. The lowest BCUT2D eigenvalue weighted by molar-refractivity contribution is 0.0946. The molecule has 0 spiro atoms. The van der Waals surface area contributed by atoms with Gasteiger partial charge in [-0.15, -0.1) is 0 Å². The highest BCUT2D eigenvalue weighted by Crippen LogP contribution is 2.13. The number of rotatable bonds is 6. The van der Waals surface area contributed by atoms with Gasteiger partial charge in [0.2, 0.25) is 0 Å². The van der Waals surface area contributed by atoms with Crippen molar-refractivity contribution < 1.29 is 18.7 Å². The molecule has 0 unspecified atom stereocenters. The molecule has 3 aromatic rings. The Bertz CT molecular complexity index is 990. The number of amides is 2. The van der Waals surface area contributed by atoms with E-state index in [0.717, 1.165) is 11.3 Å². The van der Waals surface area contributed by atoms with E-state index in [-0.39, 0.29) is 11.3 Å². The molecule has 1 aromatic heterocycles. The molecule has 0 fully saturated rings. The maximum atomic E-state index is 13.2. The van der Waals surface area contributed by atoms with E-state index in [1.54, 1.807) is 25.3 Å². The first-order chi connectivity index (χ1) is 13.5. The van der Waals surface area contributed by atoms with Crippen LogP contribution in [0.15, 0.2) is 66.9 Å². The van der Waals surface area contributed by atoms with E-state index in [0.29, 0.717) is 12.2 Å². The van der Waals surface area contributed by atoms with E-state index in [1.807, 2.05) is 12.1 Å². The Hall–Kier alpha value is -3.74. The van der Waals surface area contributed by atoms with E-state index < -0.39 is 17.6 Å². The Labute approximate surface area is 161 Å². The molecule has 1 heterocycles. The van der Waals surface area contributed by atoms with Crippen LogP contribution in [0.1, 0.15) is 26.4 Å². The average Bonchev–Trinajstić information content (AvgIpc) is 2.72. The van der Waals surface area contributed by atoms with Crippen LogP contribution < -0.4 is 15.4 Å². The lowest BCUT2D eigenvalue weighted by atomic mass is 10.2. The summed E-state index contributed by atoms with van der Waals surface area (Å²) >= 11 is 0. The molecular weight excluding hydrogens is 361 g/mol. The van der Waals surface area contributed by atoms with Crippen molar-refractivity contribution in [1.82, 2.24) is 10.3 Å². The molecule has 2 N–H and O–H groups in total. The number of anilines is 1. The van der Waals surface area contributed by atoms with E-state index in [1.165, 1.54) is 36.5 Å². The number of ether oxygens (including phenoxy) is 1.